The Labute approximate surface area is 167 Å². The van der Waals surface area contributed by atoms with Crippen molar-refractivity contribution in [2.75, 3.05) is 18.1 Å². The van der Waals surface area contributed by atoms with E-state index in [0.29, 0.717) is 12.8 Å². The maximum absolute atomic E-state index is 12.6. The first-order valence-corrected chi connectivity index (χ1v) is 11.3. The molecule has 4 rings (SSSR count). The van der Waals surface area contributed by atoms with Gasteiger partial charge in [0.2, 0.25) is 5.91 Å². The Morgan fingerprint density at radius 3 is 2.79 bits per heavy atom. The third-order valence-corrected chi connectivity index (χ3v) is 7.14. The molecule has 4 amide bonds. The number of aromatic nitrogens is 1. The molecule has 0 radical (unpaired) electrons. The van der Waals surface area contributed by atoms with Gasteiger partial charge in [0.05, 0.1) is 17.9 Å². The first-order chi connectivity index (χ1) is 13.8. The first-order valence-electron chi connectivity index (χ1n) is 9.49. The number of sulfone groups is 1. The number of imide groups is 1. The highest BCUT2D eigenvalue weighted by atomic mass is 32.2. The number of H-pyrrole nitrogens is 1. The van der Waals surface area contributed by atoms with Gasteiger partial charge in [0.25, 0.3) is 5.91 Å². The molecule has 2 aliphatic rings. The second-order valence-electron chi connectivity index (χ2n) is 7.47. The van der Waals surface area contributed by atoms with Crippen molar-refractivity contribution in [1.82, 2.24) is 20.5 Å². The van der Waals surface area contributed by atoms with E-state index in [9.17, 15) is 22.8 Å². The number of hydrogen-bond donors (Lipinski definition) is 3. The molecule has 2 aromatic rings. The Morgan fingerprint density at radius 1 is 1.24 bits per heavy atom. The minimum atomic E-state index is -3.10. The number of nitrogens with one attached hydrogen (secondary N) is 3. The van der Waals surface area contributed by atoms with Crippen molar-refractivity contribution < 1.29 is 22.8 Å². The van der Waals surface area contributed by atoms with E-state index in [1.165, 1.54) is 0 Å². The summed E-state index contributed by atoms with van der Waals surface area (Å²) in [5, 5.41) is 6.23. The summed E-state index contributed by atoms with van der Waals surface area (Å²) >= 11 is 0. The number of rotatable bonds is 6. The maximum Gasteiger partial charge on any atom is 0.324 e. The lowest BCUT2D eigenvalue weighted by Gasteiger charge is -2.14. The highest BCUT2D eigenvalue weighted by Gasteiger charge is 2.39. The molecule has 154 valence electrons. The van der Waals surface area contributed by atoms with E-state index in [0.717, 1.165) is 21.4 Å². The monoisotopic (exact) mass is 418 g/mol. The Balaban J connectivity index is 1.33. The molecule has 9 nitrogen and oxygen atoms in total. The van der Waals surface area contributed by atoms with E-state index < -0.39 is 39.8 Å². The lowest BCUT2D eigenvalue weighted by molar-refractivity contribution is -0.131. The fourth-order valence-corrected chi connectivity index (χ4v) is 5.55. The van der Waals surface area contributed by atoms with Gasteiger partial charge in [-0.2, -0.15) is 0 Å². The van der Waals surface area contributed by atoms with Crippen molar-refractivity contribution in [2.24, 2.45) is 0 Å². The molecule has 29 heavy (non-hydrogen) atoms. The molecule has 2 aliphatic heterocycles. The van der Waals surface area contributed by atoms with Gasteiger partial charge in [-0.25, -0.2) is 13.2 Å². The van der Waals surface area contributed by atoms with Gasteiger partial charge in [0.15, 0.2) is 9.84 Å². The number of carbonyl (C=O) groups is 3. The van der Waals surface area contributed by atoms with Gasteiger partial charge in [0.1, 0.15) is 6.04 Å². The average Bonchev–Trinajstić information content (AvgIpc) is 3.30. The highest BCUT2D eigenvalue weighted by molar-refractivity contribution is 7.91. The third kappa shape index (κ3) is 4.12. The van der Waals surface area contributed by atoms with E-state index in [4.69, 9.17) is 0 Å². The Morgan fingerprint density at radius 2 is 2.03 bits per heavy atom. The number of benzene rings is 1. The number of para-hydroxylation sites is 1. The molecule has 3 heterocycles. The number of hydrogen-bond acceptors (Lipinski definition) is 5. The summed E-state index contributed by atoms with van der Waals surface area (Å²) in [5.41, 5.74) is 1.99. The van der Waals surface area contributed by atoms with Crippen molar-refractivity contribution in [3.63, 3.8) is 0 Å². The lowest BCUT2D eigenvalue weighted by Crippen LogP contribution is -2.41. The summed E-state index contributed by atoms with van der Waals surface area (Å²) in [5.74, 6) is -0.910. The van der Waals surface area contributed by atoms with Gasteiger partial charge < -0.3 is 15.6 Å². The molecule has 0 bridgehead atoms. The van der Waals surface area contributed by atoms with Crippen LogP contribution in [0.2, 0.25) is 0 Å². The van der Waals surface area contributed by atoms with Crippen LogP contribution in [-0.2, 0) is 25.8 Å². The summed E-state index contributed by atoms with van der Waals surface area (Å²) in [6.07, 6.45) is 2.53. The van der Waals surface area contributed by atoms with Gasteiger partial charge in [-0.1, -0.05) is 18.2 Å². The summed E-state index contributed by atoms with van der Waals surface area (Å²) in [4.78, 5) is 41.2. The van der Waals surface area contributed by atoms with Gasteiger partial charge >= 0.3 is 6.03 Å². The molecular formula is C19H22N4O5S. The van der Waals surface area contributed by atoms with Crippen LogP contribution in [0, 0.1) is 0 Å². The maximum atomic E-state index is 12.6. The van der Waals surface area contributed by atoms with E-state index in [1.54, 1.807) is 0 Å². The summed E-state index contributed by atoms with van der Waals surface area (Å²) in [6.45, 7) is 0.214. The number of aromatic amines is 1. The second kappa shape index (κ2) is 7.51. The minimum Gasteiger partial charge on any atom is -0.361 e. The Kier molecular flexibility index (Phi) is 5.03. The number of fused-ring (bicyclic) bond motifs is 1. The number of nitrogens with zero attached hydrogens (tertiary/aromatic N) is 1. The molecule has 0 spiro atoms. The Hall–Kier alpha value is -2.88. The van der Waals surface area contributed by atoms with Crippen LogP contribution in [0.25, 0.3) is 10.9 Å². The fraction of sp³-hybridized carbons (Fsp3) is 0.421. The molecule has 10 heteroatoms. The molecule has 2 fully saturated rings. The van der Waals surface area contributed by atoms with E-state index in [1.807, 2.05) is 30.5 Å². The lowest BCUT2D eigenvalue weighted by atomic mass is 10.1. The molecule has 0 saturated carbocycles. The summed E-state index contributed by atoms with van der Waals surface area (Å²) in [6, 6.07) is 5.91. The van der Waals surface area contributed by atoms with E-state index >= 15 is 0 Å². The van der Waals surface area contributed by atoms with Crippen molar-refractivity contribution >= 4 is 38.6 Å². The van der Waals surface area contributed by atoms with Crippen LogP contribution in [-0.4, -0.2) is 66.3 Å². The van der Waals surface area contributed by atoms with Gasteiger partial charge in [-0.3, -0.25) is 14.5 Å². The van der Waals surface area contributed by atoms with Crippen molar-refractivity contribution in [2.45, 2.75) is 31.3 Å². The van der Waals surface area contributed by atoms with Crippen LogP contribution in [0.4, 0.5) is 4.79 Å². The van der Waals surface area contributed by atoms with Crippen molar-refractivity contribution in [3.05, 3.63) is 36.0 Å². The standard InChI is InChI=1S/C19H22N4O5S/c24-17(21-13-6-8-29(27,28)11-13)9-16-18(25)23(19(26)22-16)7-5-12-10-20-15-4-2-1-3-14(12)15/h1-4,10,13,16,20H,5-9,11H2,(H,21,24)(H,22,26)/t13-,16-/m1/s1. The molecule has 0 unspecified atom stereocenters. The van der Waals surface area contributed by atoms with Crippen molar-refractivity contribution in [1.29, 1.82) is 0 Å². The molecule has 2 saturated heterocycles. The van der Waals surface area contributed by atoms with E-state index in [-0.39, 0.29) is 24.5 Å². The van der Waals surface area contributed by atoms with E-state index in [2.05, 4.69) is 15.6 Å². The average molecular weight is 418 g/mol. The predicted molar refractivity (Wildman–Crippen MR) is 106 cm³/mol. The van der Waals surface area contributed by atoms with Gasteiger partial charge in [0, 0.05) is 29.7 Å². The topological polar surface area (TPSA) is 128 Å². The van der Waals surface area contributed by atoms with Gasteiger partial charge in [-0.15, -0.1) is 0 Å². The normalized spacial score (nSPS) is 23.5. The van der Waals surface area contributed by atoms with Crippen LogP contribution in [0.1, 0.15) is 18.4 Å². The predicted octanol–water partition coefficient (Wildman–Crippen LogP) is 0.324. The molecular weight excluding hydrogens is 396 g/mol. The highest BCUT2D eigenvalue weighted by Crippen LogP contribution is 2.19. The van der Waals surface area contributed by atoms with Crippen molar-refractivity contribution in [3.8, 4) is 0 Å². The molecule has 1 aromatic heterocycles. The first kappa shape index (κ1) is 19.4. The molecule has 3 N–H and O–H groups in total. The van der Waals surface area contributed by atoms with Crippen LogP contribution in [0.5, 0.6) is 0 Å². The van der Waals surface area contributed by atoms with Crippen LogP contribution in [0.15, 0.2) is 30.5 Å². The van der Waals surface area contributed by atoms with Gasteiger partial charge in [-0.05, 0) is 24.5 Å². The summed E-state index contributed by atoms with van der Waals surface area (Å²) in [7, 11) is -3.10. The summed E-state index contributed by atoms with van der Waals surface area (Å²) < 4.78 is 23.0. The van der Waals surface area contributed by atoms with Crippen LogP contribution >= 0.6 is 0 Å². The van der Waals surface area contributed by atoms with Crippen LogP contribution < -0.4 is 10.6 Å². The zero-order valence-electron chi connectivity index (χ0n) is 15.7. The zero-order chi connectivity index (χ0) is 20.6. The third-order valence-electron chi connectivity index (χ3n) is 5.37. The Bertz CT molecular complexity index is 1080. The zero-order valence-corrected chi connectivity index (χ0v) is 16.5. The number of urea groups is 1. The molecule has 1 aromatic carbocycles. The largest absolute Gasteiger partial charge is 0.361 e. The quantitative estimate of drug-likeness (QED) is 0.582. The van der Waals surface area contributed by atoms with Crippen LogP contribution in [0.3, 0.4) is 0 Å². The number of amides is 4. The fourth-order valence-electron chi connectivity index (χ4n) is 3.88. The smallest absolute Gasteiger partial charge is 0.324 e. The number of carbonyl (C=O) groups excluding carboxylic acids is 3. The SMILES string of the molecule is O=C(C[C@H]1NC(=O)N(CCc2c[nH]c3ccccc23)C1=O)N[C@@H]1CCS(=O)(=O)C1. The molecule has 2 atom stereocenters. The second-order valence-corrected chi connectivity index (χ2v) is 9.70. The molecule has 0 aliphatic carbocycles. The minimum absolute atomic E-state index is 0.0542.